The Morgan fingerprint density at radius 3 is 2.83 bits per heavy atom. The molecule has 1 unspecified atom stereocenters. The van der Waals surface area contributed by atoms with Crippen molar-refractivity contribution < 1.29 is 13.5 Å². The minimum absolute atomic E-state index is 0.0390. The quantitative estimate of drug-likeness (QED) is 0.480. The molecule has 1 aliphatic heterocycles. The highest BCUT2D eigenvalue weighted by atomic mass is 32.3. The summed E-state index contributed by atoms with van der Waals surface area (Å²) in [5.41, 5.74) is 8.98. The van der Waals surface area contributed by atoms with Gasteiger partial charge in [-0.2, -0.15) is 10.6 Å². The molecule has 0 radical (unpaired) electrons. The van der Waals surface area contributed by atoms with E-state index in [9.17, 15) is 13.5 Å². The van der Waals surface area contributed by atoms with Crippen molar-refractivity contribution in [3.8, 4) is 0 Å². The van der Waals surface area contributed by atoms with E-state index in [0.29, 0.717) is 23.8 Å². The Hall–Kier alpha value is -2.39. The van der Waals surface area contributed by atoms with Gasteiger partial charge in [0.05, 0.1) is 16.2 Å². The summed E-state index contributed by atoms with van der Waals surface area (Å²) in [5.74, 6) is 0.948. The number of anilines is 2. The molecule has 1 aliphatic rings. The van der Waals surface area contributed by atoms with Gasteiger partial charge >= 0.3 is 0 Å². The summed E-state index contributed by atoms with van der Waals surface area (Å²) in [5, 5.41) is 4.10. The maximum atomic E-state index is 13.8. The molecule has 1 aromatic heterocycles. The summed E-state index contributed by atoms with van der Waals surface area (Å²) in [6.45, 7) is 3.06. The van der Waals surface area contributed by atoms with Gasteiger partial charge < -0.3 is 16.0 Å². The topological polar surface area (TPSA) is 94.6 Å². The van der Waals surface area contributed by atoms with Gasteiger partial charge in [0, 0.05) is 43.3 Å². The summed E-state index contributed by atoms with van der Waals surface area (Å²) >= 11 is 0. The van der Waals surface area contributed by atoms with Crippen LogP contribution in [0.15, 0.2) is 53.4 Å². The number of aryl methyl sites for hydroxylation is 1. The van der Waals surface area contributed by atoms with E-state index in [0.717, 1.165) is 27.7 Å². The first kappa shape index (κ1) is 20.9. The van der Waals surface area contributed by atoms with Crippen LogP contribution in [-0.4, -0.2) is 45.6 Å². The number of hydrogen-bond acceptors (Lipinski definition) is 6. The average Bonchev–Trinajstić information content (AvgIpc) is 2.88. The molecular formula is C22H27FN4O2S. The SMILES string of the molecule is Cc1ccc2nc(N3CCS(O)(O)c4ccccc4C3)cc(NCC(F)CN)c2c1. The summed E-state index contributed by atoms with van der Waals surface area (Å²) in [6.07, 6.45) is -1.14. The molecule has 0 spiro atoms. The van der Waals surface area contributed by atoms with Crippen molar-refractivity contribution >= 4 is 33.0 Å². The fourth-order valence-electron chi connectivity index (χ4n) is 3.72. The second-order valence-electron chi connectivity index (χ2n) is 7.66. The number of pyridine rings is 1. The van der Waals surface area contributed by atoms with Crippen LogP contribution in [0.3, 0.4) is 0 Å². The zero-order chi connectivity index (χ0) is 21.3. The van der Waals surface area contributed by atoms with Crippen molar-refractivity contribution in [3.05, 3.63) is 59.7 Å². The van der Waals surface area contributed by atoms with Gasteiger partial charge in [0.2, 0.25) is 0 Å². The van der Waals surface area contributed by atoms with Crippen molar-refractivity contribution in [3.63, 3.8) is 0 Å². The van der Waals surface area contributed by atoms with Crippen LogP contribution >= 0.6 is 10.6 Å². The van der Waals surface area contributed by atoms with Gasteiger partial charge in [0.15, 0.2) is 0 Å². The Labute approximate surface area is 177 Å². The third-order valence-electron chi connectivity index (χ3n) is 5.38. The summed E-state index contributed by atoms with van der Waals surface area (Å²) in [7, 11) is -2.85. The van der Waals surface area contributed by atoms with E-state index in [1.807, 2.05) is 54.3 Å². The molecule has 0 fully saturated rings. The molecule has 30 heavy (non-hydrogen) atoms. The van der Waals surface area contributed by atoms with E-state index in [1.165, 1.54) is 0 Å². The van der Waals surface area contributed by atoms with Gasteiger partial charge in [0.1, 0.15) is 12.0 Å². The van der Waals surface area contributed by atoms with Crippen molar-refractivity contribution in [2.45, 2.75) is 24.5 Å². The third kappa shape index (κ3) is 4.22. The molecule has 8 heteroatoms. The van der Waals surface area contributed by atoms with Crippen LogP contribution in [0.25, 0.3) is 10.9 Å². The highest BCUT2D eigenvalue weighted by Gasteiger charge is 2.26. The third-order valence-corrected chi connectivity index (χ3v) is 7.23. The highest BCUT2D eigenvalue weighted by molar-refractivity contribution is 8.24. The smallest absolute Gasteiger partial charge is 0.131 e. The van der Waals surface area contributed by atoms with E-state index in [-0.39, 0.29) is 18.8 Å². The Balaban J connectivity index is 1.74. The van der Waals surface area contributed by atoms with Crippen LogP contribution in [0.1, 0.15) is 11.1 Å². The number of nitrogens with one attached hydrogen (secondary N) is 1. The summed E-state index contributed by atoms with van der Waals surface area (Å²) < 4.78 is 35.0. The van der Waals surface area contributed by atoms with Crippen molar-refractivity contribution in [2.75, 3.05) is 35.6 Å². The predicted molar refractivity (Wildman–Crippen MR) is 122 cm³/mol. The standard InChI is InChI=1S/C22H27FN4O2S/c1-15-6-7-19-18(10-15)20(25-13-17(23)12-24)11-22(26-19)27-8-9-30(28,29)21-5-3-2-4-16(21)14-27/h2-7,10-11,17,28-29H,8-9,12-14,24H2,1H3,(H,25,26). The zero-order valence-electron chi connectivity index (χ0n) is 16.9. The van der Waals surface area contributed by atoms with Gasteiger partial charge in [-0.25, -0.2) is 9.37 Å². The predicted octanol–water partition coefficient (Wildman–Crippen LogP) is 4.38. The Morgan fingerprint density at radius 2 is 2.03 bits per heavy atom. The summed E-state index contributed by atoms with van der Waals surface area (Å²) in [4.78, 5) is 7.47. The lowest BCUT2D eigenvalue weighted by Crippen LogP contribution is -2.27. The normalized spacial score (nSPS) is 17.8. The number of benzene rings is 2. The second kappa shape index (κ2) is 8.39. The van der Waals surface area contributed by atoms with Gasteiger partial charge in [0.25, 0.3) is 0 Å². The first-order valence-corrected chi connectivity index (χ1v) is 11.7. The first-order valence-electron chi connectivity index (χ1n) is 9.95. The van der Waals surface area contributed by atoms with Crippen LogP contribution in [-0.2, 0) is 6.54 Å². The molecular weight excluding hydrogens is 403 g/mol. The summed E-state index contributed by atoms with van der Waals surface area (Å²) in [6, 6.07) is 15.3. The van der Waals surface area contributed by atoms with E-state index in [1.54, 1.807) is 6.07 Å². The average molecular weight is 431 g/mol. The minimum Gasteiger partial charge on any atom is -0.381 e. The highest BCUT2D eigenvalue weighted by Crippen LogP contribution is 2.51. The number of aromatic nitrogens is 1. The Morgan fingerprint density at radius 1 is 1.23 bits per heavy atom. The number of halogens is 1. The molecule has 4 rings (SSSR count). The zero-order valence-corrected chi connectivity index (χ0v) is 17.7. The van der Waals surface area contributed by atoms with Crippen LogP contribution < -0.4 is 16.0 Å². The molecule has 5 N–H and O–H groups in total. The van der Waals surface area contributed by atoms with E-state index in [4.69, 9.17) is 10.7 Å². The number of nitrogens with zero attached hydrogens (tertiary/aromatic N) is 2. The van der Waals surface area contributed by atoms with E-state index >= 15 is 0 Å². The minimum atomic E-state index is -2.85. The number of rotatable bonds is 5. The van der Waals surface area contributed by atoms with Crippen molar-refractivity contribution in [1.82, 2.24) is 4.98 Å². The molecule has 2 heterocycles. The molecule has 2 aromatic carbocycles. The van der Waals surface area contributed by atoms with Gasteiger partial charge in [-0.3, -0.25) is 9.11 Å². The lowest BCUT2D eigenvalue weighted by atomic mass is 10.1. The number of alkyl halides is 1. The van der Waals surface area contributed by atoms with Gasteiger partial charge in [-0.1, -0.05) is 29.8 Å². The molecule has 0 aliphatic carbocycles. The van der Waals surface area contributed by atoms with E-state index in [2.05, 4.69) is 5.32 Å². The maximum Gasteiger partial charge on any atom is 0.131 e. The molecule has 0 saturated heterocycles. The number of hydrogen-bond donors (Lipinski definition) is 4. The Kier molecular flexibility index (Phi) is 5.84. The fourth-order valence-corrected chi connectivity index (χ4v) is 5.26. The van der Waals surface area contributed by atoms with E-state index < -0.39 is 16.8 Å². The molecule has 0 saturated carbocycles. The van der Waals surface area contributed by atoms with Crippen LogP contribution in [0, 0.1) is 6.92 Å². The van der Waals surface area contributed by atoms with Crippen LogP contribution in [0.4, 0.5) is 15.9 Å². The second-order valence-corrected chi connectivity index (χ2v) is 9.84. The van der Waals surface area contributed by atoms with Crippen molar-refractivity contribution in [2.24, 2.45) is 5.73 Å². The maximum absolute atomic E-state index is 13.8. The molecule has 3 aromatic rings. The van der Waals surface area contributed by atoms with Crippen LogP contribution in [0.5, 0.6) is 0 Å². The molecule has 6 nitrogen and oxygen atoms in total. The first-order chi connectivity index (χ1) is 14.4. The van der Waals surface area contributed by atoms with Gasteiger partial charge in [-0.15, -0.1) is 0 Å². The number of fused-ring (bicyclic) bond motifs is 2. The molecule has 0 bridgehead atoms. The largest absolute Gasteiger partial charge is 0.381 e. The fraction of sp³-hybridized carbons (Fsp3) is 0.318. The van der Waals surface area contributed by atoms with Gasteiger partial charge in [-0.05, 0) is 30.7 Å². The lowest BCUT2D eigenvalue weighted by molar-refractivity contribution is 0.358. The molecule has 160 valence electrons. The Bertz CT molecular complexity index is 1060. The lowest BCUT2D eigenvalue weighted by Gasteiger charge is -2.32. The van der Waals surface area contributed by atoms with Crippen molar-refractivity contribution in [1.29, 1.82) is 0 Å². The monoisotopic (exact) mass is 430 g/mol. The number of nitrogens with two attached hydrogens (primary N) is 1. The van der Waals surface area contributed by atoms with Crippen LogP contribution in [0.2, 0.25) is 0 Å². The molecule has 1 atom stereocenters. The molecule has 0 amide bonds.